The Morgan fingerprint density at radius 1 is 0.448 bits per heavy atom. The van der Waals surface area contributed by atoms with Crippen molar-refractivity contribution in [2.24, 2.45) is 0 Å². The first-order valence-electron chi connectivity index (χ1n) is 11.0. The molecule has 0 saturated carbocycles. The first-order chi connectivity index (χ1) is 14.2. The Morgan fingerprint density at radius 3 is 1.00 bits per heavy atom. The summed E-state index contributed by atoms with van der Waals surface area (Å²) in [6, 6.07) is 33.0. The molecule has 3 aromatic rings. The Kier molecular flexibility index (Phi) is 9.56. The zero-order chi connectivity index (χ0) is 20.2. The fourth-order valence-electron chi connectivity index (χ4n) is 4.14. The Morgan fingerprint density at radius 2 is 0.724 bits per heavy atom. The molecule has 0 aromatic heterocycles. The van der Waals surface area contributed by atoms with Gasteiger partial charge in [-0.15, -0.1) is 0 Å². The maximum absolute atomic E-state index is 4.39. The van der Waals surface area contributed by atoms with Crippen molar-refractivity contribution >= 4 is 25.4 Å². The van der Waals surface area contributed by atoms with Crippen molar-refractivity contribution < 1.29 is 0 Å². The minimum absolute atomic E-state index is 1.22. The molecule has 0 N–H and O–H groups in total. The number of rotatable bonds is 12. The average Bonchev–Trinajstić information content (AvgIpc) is 2.76. The van der Waals surface area contributed by atoms with E-state index in [-0.39, 0.29) is 0 Å². The quantitative estimate of drug-likeness (QED) is 0.216. The molecule has 0 aliphatic carbocycles. The SMILES string of the molecule is [Br][Ge]([CH2]CCc1ccccc1)([CH2]CCc1ccccc1)[CH2]CCc1ccccc1. The van der Waals surface area contributed by atoms with E-state index < -0.39 is 11.4 Å². The second-order valence-electron chi connectivity index (χ2n) is 8.17. The molecule has 0 fully saturated rings. The number of hydrogen-bond donors (Lipinski definition) is 0. The van der Waals surface area contributed by atoms with Crippen LogP contribution in [0.4, 0.5) is 0 Å². The van der Waals surface area contributed by atoms with Crippen LogP contribution in [0, 0.1) is 0 Å². The van der Waals surface area contributed by atoms with Crippen molar-refractivity contribution in [3.8, 4) is 0 Å². The van der Waals surface area contributed by atoms with Crippen LogP contribution in [0.5, 0.6) is 0 Å². The van der Waals surface area contributed by atoms with E-state index in [1.807, 2.05) is 0 Å². The average molecular weight is 510 g/mol. The van der Waals surface area contributed by atoms with E-state index in [1.165, 1.54) is 71.0 Å². The van der Waals surface area contributed by atoms with Crippen molar-refractivity contribution in [3.05, 3.63) is 108 Å². The molecule has 0 heterocycles. The van der Waals surface area contributed by atoms with Crippen LogP contribution in [0.2, 0.25) is 15.8 Å². The van der Waals surface area contributed by atoms with Crippen molar-refractivity contribution in [1.82, 2.24) is 0 Å². The second-order valence-corrected chi connectivity index (χ2v) is 24.9. The molecule has 0 aliphatic heterocycles. The molecule has 0 radical (unpaired) electrons. The maximum atomic E-state index is 4.39. The van der Waals surface area contributed by atoms with Crippen molar-refractivity contribution in [1.29, 1.82) is 0 Å². The van der Waals surface area contributed by atoms with Gasteiger partial charge in [0.25, 0.3) is 0 Å². The summed E-state index contributed by atoms with van der Waals surface area (Å²) in [6.07, 6.45) is 7.63. The topological polar surface area (TPSA) is 0 Å². The summed E-state index contributed by atoms with van der Waals surface area (Å²) >= 11 is 2.42. The van der Waals surface area contributed by atoms with Crippen LogP contribution in [0.15, 0.2) is 91.0 Å². The van der Waals surface area contributed by atoms with Crippen LogP contribution in [-0.2, 0) is 19.3 Å². The monoisotopic (exact) mass is 510 g/mol. The molecular formula is C27H33BrGe. The van der Waals surface area contributed by atoms with Gasteiger partial charge in [0.05, 0.1) is 0 Å². The first kappa shape index (κ1) is 22.4. The summed E-state index contributed by atoms with van der Waals surface area (Å²) in [7, 11) is 0. The molecule has 152 valence electrons. The molecule has 2 heteroatoms. The third-order valence-corrected chi connectivity index (χ3v) is 19.8. The van der Waals surface area contributed by atoms with Crippen molar-refractivity contribution in [2.45, 2.75) is 54.3 Å². The van der Waals surface area contributed by atoms with E-state index in [4.69, 9.17) is 0 Å². The van der Waals surface area contributed by atoms with Crippen LogP contribution in [0.1, 0.15) is 36.0 Å². The Bertz CT molecular complexity index is 691. The van der Waals surface area contributed by atoms with E-state index in [0.717, 1.165) is 0 Å². The zero-order valence-corrected chi connectivity index (χ0v) is 21.1. The fourth-order valence-corrected chi connectivity index (χ4v) is 15.2. The summed E-state index contributed by atoms with van der Waals surface area (Å²) in [5.41, 5.74) is 4.45. The van der Waals surface area contributed by atoms with E-state index in [9.17, 15) is 0 Å². The molecule has 0 atom stereocenters. The summed E-state index contributed by atoms with van der Waals surface area (Å²) in [6.45, 7) is 0. The molecule has 0 nitrogen and oxygen atoms in total. The van der Waals surface area contributed by atoms with Gasteiger partial charge in [0.15, 0.2) is 0 Å². The van der Waals surface area contributed by atoms with Gasteiger partial charge in [0.1, 0.15) is 0 Å². The van der Waals surface area contributed by atoms with Gasteiger partial charge in [-0.2, -0.15) is 0 Å². The van der Waals surface area contributed by atoms with Crippen LogP contribution in [0.25, 0.3) is 0 Å². The molecule has 0 amide bonds. The van der Waals surface area contributed by atoms with Crippen molar-refractivity contribution in [3.63, 3.8) is 0 Å². The Balaban J connectivity index is 1.51. The number of benzene rings is 3. The molecule has 0 saturated heterocycles. The third kappa shape index (κ3) is 8.52. The molecule has 3 rings (SSSR count). The molecule has 29 heavy (non-hydrogen) atoms. The van der Waals surface area contributed by atoms with Crippen molar-refractivity contribution in [2.75, 3.05) is 0 Å². The van der Waals surface area contributed by atoms with Gasteiger partial charge in [-0.25, -0.2) is 0 Å². The van der Waals surface area contributed by atoms with Gasteiger partial charge in [0.2, 0.25) is 0 Å². The predicted molar refractivity (Wildman–Crippen MR) is 133 cm³/mol. The summed E-state index contributed by atoms with van der Waals surface area (Å²) in [4.78, 5) is 0. The molecule has 0 unspecified atom stereocenters. The zero-order valence-electron chi connectivity index (χ0n) is 17.4. The van der Waals surface area contributed by atoms with Crippen LogP contribution in [-0.4, -0.2) is 11.4 Å². The first-order valence-corrected chi connectivity index (χ1v) is 20.4. The molecular weight excluding hydrogens is 477 g/mol. The second kappa shape index (κ2) is 12.4. The van der Waals surface area contributed by atoms with Gasteiger partial charge >= 0.3 is 187 Å². The molecule has 3 aromatic carbocycles. The normalized spacial score (nSPS) is 11.5. The Labute approximate surface area is 186 Å². The van der Waals surface area contributed by atoms with Crippen LogP contribution < -0.4 is 0 Å². The fraction of sp³-hybridized carbons (Fsp3) is 0.333. The van der Waals surface area contributed by atoms with E-state index >= 15 is 0 Å². The van der Waals surface area contributed by atoms with Crippen LogP contribution in [0.3, 0.4) is 0 Å². The summed E-state index contributed by atoms with van der Waals surface area (Å²) < 4.78 is 0. The van der Waals surface area contributed by atoms with Gasteiger partial charge < -0.3 is 0 Å². The Hall–Kier alpha value is -1.32. The standard InChI is InChI=1S/C27H33BrGe/c28-29(22-10-19-25-13-4-1-5-14-25,23-11-20-26-15-6-2-7-16-26)24-12-21-27-17-8-3-9-18-27/h1-9,13-18H,10-12,19-24H2. The van der Waals surface area contributed by atoms with Gasteiger partial charge in [-0.3, -0.25) is 0 Å². The van der Waals surface area contributed by atoms with E-state index in [1.54, 1.807) is 0 Å². The number of halogens is 1. The van der Waals surface area contributed by atoms with E-state index in [2.05, 4.69) is 105 Å². The molecule has 0 aliphatic rings. The van der Waals surface area contributed by atoms with Gasteiger partial charge in [-0.1, -0.05) is 0 Å². The van der Waals surface area contributed by atoms with E-state index in [0.29, 0.717) is 0 Å². The molecule has 0 bridgehead atoms. The number of aryl methyl sites for hydroxylation is 3. The summed E-state index contributed by atoms with van der Waals surface area (Å²) in [5, 5.41) is 4.29. The van der Waals surface area contributed by atoms with Crippen LogP contribution >= 0.6 is 14.0 Å². The predicted octanol–water partition coefficient (Wildman–Crippen LogP) is 8.23. The molecule has 0 spiro atoms. The third-order valence-electron chi connectivity index (χ3n) is 5.80. The number of hydrogen-bond acceptors (Lipinski definition) is 0. The summed E-state index contributed by atoms with van der Waals surface area (Å²) in [5.74, 6) is 0. The van der Waals surface area contributed by atoms with Gasteiger partial charge in [0, 0.05) is 0 Å². The van der Waals surface area contributed by atoms with Gasteiger partial charge in [-0.05, 0) is 0 Å². The minimum atomic E-state index is -1.98.